The van der Waals surface area contributed by atoms with Gasteiger partial charge in [-0.15, -0.1) is 0 Å². The second-order valence-corrected chi connectivity index (χ2v) is 3.85. The van der Waals surface area contributed by atoms with Gasteiger partial charge >= 0.3 is 0 Å². The third-order valence-electron chi connectivity index (χ3n) is 2.53. The van der Waals surface area contributed by atoms with Crippen LogP contribution in [0.15, 0.2) is 0 Å². The van der Waals surface area contributed by atoms with Crippen LogP contribution in [0.25, 0.3) is 0 Å². The Hall–Kier alpha value is -0.650. The van der Waals surface area contributed by atoms with Gasteiger partial charge in [-0.05, 0) is 26.4 Å². The Morgan fingerprint density at radius 1 is 1.56 bits per heavy atom. The topological polar surface area (TPSA) is 78.6 Å². The molecule has 0 bridgehead atoms. The van der Waals surface area contributed by atoms with Crippen LogP contribution in [0.2, 0.25) is 0 Å². The van der Waals surface area contributed by atoms with E-state index in [1.54, 1.807) is 4.90 Å². The van der Waals surface area contributed by atoms with Gasteiger partial charge in [0.1, 0.15) is 0 Å². The molecule has 0 heterocycles. The highest BCUT2D eigenvalue weighted by Crippen LogP contribution is 2.02. The summed E-state index contributed by atoms with van der Waals surface area (Å²) in [5.74, 6) is 0.0740. The average Bonchev–Trinajstić information content (AvgIpc) is 2.30. The maximum Gasteiger partial charge on any atom is 0.222 e. The lowest BCUT2D eigenvalue weighted by atomic mass is 10.2. The van der Waals surface area contributed by atoms with Crippen LogP contribution < -0.4 is 11.1 Å². The van der Waals surface area contributed by atoms with Crippen molar-refractivity contribution in [3.05, 3.63) is 0 Å². The largest absolute Gasteiger partial charge is 0.395 e. The van der Waals surface area contributed by atoms with E-state index in [2.05, 4.69) is 5.32 Å². The summed E-state index contributed by atoms with van der Waals surface area (Å²) in [6, 6.07) is -0.00113. The van der Waals surface area contributed by atoms with Crippen molar-refractivity contribution in [2.45, 2.75) is 32.7 Å². The summed E-state index contributed by atoms with van der Waals surface area (Å²) in [5, 5.41) is 12.1. The minimum absolute atomic E-state index is 0.00113. The van der Waals surface area contributed by atoms with Crippen LogP contribution in [0, 0.1) is 0 Å². The highest BCUT2D eigenvalue weighted by atomic mass is 16.3. The van der Waals surface area contributed by atoms with Crippen LogP contribution in [-0.4, -0.2) is 54.7 Å². The average molecular weight is 231 g/mol. The van der Waals surface area contributed by atoms with Crippen molar-refractivity contribution in [1.82, 2.24) is 10.2 Å². The number of aliphatic hydroxyl groups excluding tert-OH is 1. The van der Waals surface area contributed by atoms with Gasteiger partial charge in [0.05, 0.1) is 6.61 Å². The van der Waals surface area contributed by atoms with Gasteiger partial charge in [-0.2, -0.15) is 0 Å². The van der Waals surface area contributed by atoms with E-state index in [0.717, 1.165) is 19.5 Å². The molecule has 1 atom stereocenters. The molecule has 0 rings (SSSR count). The first-order valence-corrected chi connectivity index (χ1v) is 5.98. The van der Waals surface area contributed by atoms with Crippen molar-refractivity contribution in [3.63, 3.8) is 0 Å². The fourth-order valence-electron chi connectivity index (χ4n) is 1.51. The van der Waals surface area contributed by atoms with Gasteiger partial charge in [-0.3, -0.25) is 4.79 Å². The van der Waals surface area contributed by atoms with Gasteiger partial charge in [0.25, 0.3) is 0 Å². The number of nitrogens with two attached hydrogens (primary N) is 1. The molecule has 0 fully saturated rings. The number of hydrogen-bond acceptors (Lipinski definition) is 4. The second kappa shape index (κ2) is 9.57. The Balaban J connectivity index is 3.96. The van der Waals surface area contributed by atoms with Gasteiger partial charge in [-0.25, -0.2) is 0 Å². The first kappa shape index (κ1) is 15.3. The van der Waals surface area contributed by atoms with Crippen molar-refractivity contribution in [2.24, 2.45) is 5.73 Å². The molecule has 5 nitrogen and oxygen atoms in total. The maximum absolute atomic E-state index is 11.8. The fraction of sp³-hybridized carbons (Fsp3) is 0.909. The van der Waals surface area contributed by atoms with Crippen molar-refractivity contribution in [1.29, 1.82) is 0 Å². The van der Waals surface area contributed by atoms with Crippen LogP contribution in [0.1, 0.15) is 26.7 Å². The number of carbonyl (C=O) groups excluding carboxylic acids is 1. The molecular formula is C11H25N3O2. The standard InChI is InChI=1S/C11H25N3O2/c1-3-13-6-4-5-11(16)14(7-8-15)10(2)9-12/h10,13,15H,3-9,12H2,1-2H3. The normalized spacial score (nSPS) is 12.5. The Labute approximate surface area is 98.0 Å². The molecule has 1 unspecified atom stereocenters. The summed E-state index contributed by atoms with van der Waals surface area (Å²) >= 11 is 0. The molecule has 0 aromatic rings. The Morgan fingerprint density at radius 2 is 2.25 bits per heavy atom. The molecule has 0 aromatic carbocycles. The minimum Gasteiger partial charge on any atom is -0.395 e. The molecule has 0 aliphatic rings. The van der Waals surface area contributed by atoms with E-state index in [9.17, 15) is 4.79 Å². The minimum atomic E-state index is -0.0106. The smallest absolute Gasteiger partial charge is 0.222 e. The lowest BCUT2D eigenvalue weighted by Crippen LogP contribution is -2.44. The van der Waals surface area contributed by atoms with Crippen molar-refractivity contribution in [2.75, 3.05) is 32.8 Å². The predicted molar refractivity (Wildman–Crippen MR) is 65.1 cm³/mol. The summed E-state index contributed by atoms with van der Waals surface area (Å²) < 4.78 is 0. The summed E-state index contributed by atoms with van der Waals surface area (Å²) in [7, 11) is 0. The molecule has 0 aliphatic carbocycles. The Kier molecular flexibility index (Phi) is 9.18. The van der Waals surface area contributed by atoms with E-state index in [0.29, 0.717) is 19.5 Å². The molecule has 0 saturated heterocycles. The zero-order chi connectivity index (χ0) is 12.4. The number of aliphatic hydroxyl groups is 1. The van der Waals surface area contributed by atoms with Gasteiger partial charge in [0, 0.05) is 25.6 Å². The number of nitrogens with zero attached hydrogens (tertiary/aromatic N) is 1. The molecule has 0 aliphatic heterocycles. The van der Waals surface area contributed by atoms with Gasteiger partial charge in [0.2, 0.25) is 5.91 Å². The van der Waals surface area contributed by atoms with E-state index < -0.39 is 0 Å². The van der Waals surface area contributed by atoms with Gasteiger partial charge < -0.3 is 21.1 Å². The molecule has 1 amide bonds. The Morgan fingerprint density at radius 3 is 2.75 bits per heavy atom. The summed E-state index contributed by atoms with van der Waals surface area (Å²) in [4.78, 5) is 13.5. The predicted octanol–water partition coefficient (Wildman–Crippen LogP) is -0.456. The molecular weight excluding hydrogens is 206 g/mol. The highest BCUT2D eigenvalue weighted by molar-refractivity contribution is 5.76. The number of amides is 1. The molecule has 0 aromatic heterocycles. The van der Waals surface area contributed by atoms with Crippen LogP contribution in [0.4, 0.5) is 0 Å². The molecule has 0 spiro atoms. The quantitative estimate of drug-likeness (QED) is 0.469. The molecule has 16 heavy (non-hydrogen) atoms. The van der Waals surface area contributed by atoms with Crippen molar-refractivity contribution < 1.29 is 9.90 Å². The lowest BCUT2D eigenvalue weighted by molar-refractivity contribution is -0.133. The Bertz CT molecular complexity index is 188. The fourth-order valence-corrected chi connectivity index (χ4v) is 1.51. The SMILES string of the molecule is CCNCCCC(=O)N(CCO)C(C)CN. The molecule has 0 radical (unpaired) electrons. The zero-order valence-electron chi connectivity index (χ0n) is 10.4. The second-order valence-electron chi connectivity index (χ2n) is 3.85. The molecule has 0 saturated carbocycles. The van der Waals surface area contributed by atoms with Crippen molar-refractivity contribution >= 4 is 5.91 Å². The zero-order valence-corrected chi connectivity index (χ0v) is 10.4. The number of hydrogen-bond donors (Lipinski definition) is 3. The van der Waals surface area contributed by atoms with E-state index in [4.69, 9.17) is 10.8 Å². The van der Waals surface area contributed by atoms with Gasteiger partial charge in [0.15, 0.2) is 0 Å². The van der Waals surface area contributed by atoms with E-state index in [-0.39, 0.29) is 18.6 Å². The van der Waals surface area contributed by atoms with E-state index >= 15 is 0 Å². The van der Waals surface area contributed by atoms with Crippen LogP contribution in [-0.2, 0) is 4.79 Å². The number of carbonyl (C=O) groups is 1. The lowest BCUT2D eigenvalue weighted by Gasteiger charge is -2.27. The first-order chi connectivity index (χ1) is 7.67. The van der Waals surface area contributed by atoms with E-state index in [1.807, 2.05) is 13.8 Å². The molecule has 4 N–H and O–H groups in total. The highest BCUT2D eigenvalue weighted by Gasteiger charge is 2.17. The van der Waals surface area contributed by atoms with E-state index in [1.165, 1.54) is 0 Å². The third-order valence-corrected chi connectivity index (χ3v) is 2.53. The molecule has 96 valence electrons. The van der Waals surface area contributed by atoms with Gasteiger partial charge in [-0.1, -0.05) is 6.92 Å². The number of rotatable bonds is 9. The molecule has 5 heteroatoms. The van der Waals surface area contributed by atoms with Crippen LogP contribution in [0.5, 0.6) is 0 Å². The summed E-state index contributed by atoms with van der Waals surface area (Å²) in [6.07, 6.45) is 1.34. The first-order valence-electron chi connectivity index (χ1n) is 5.98. The third kappa shape index (κ3) is 6.05. The number of nitrogens with one attached hydrogen (secondary N) is 1. The maximum atomic E-state index is 11.8. The monoisotopic (exact) mass is 231 g/mol. The summed E-state index contributed by atoms with van der Waals surface area (Å²) in [5.41, 5.74) is 5.53. The van der Waals surface area contributed by atoms with Crippen molar-refractivity contribution in [3.8, 4) is 0 Å². The van der Waals surface area contributed by atoms with Crippen LogP contribution >= 0.6 is 0 Å². The van der Waals surface area contributed by atoms with Crippen LogP contribution in [0.3, 0.4) is 0 Å². The summed E-state index contributed by atoms with van der Waals surface area (Å²) in [6.45, 7) is 6.51.